The van der Waals surface area contributed by atoms with Crippen molar-refractivity contribution in [3.05, 3.63) is 18.2 Å². The number of carboxylic acids is 1. The molecule has 1 unspecified atom stereocenters. The Kier molecular flexibility index (Phi) is 3.47. The molecule has 0 bridgehead atoms. The molecule has 0 radical (unpaired) electrons. The summed E-state index contributed by atoms with van der Waals surface area (Å²) in [5.41, 5.74) is 1.52. The molecule has 1 amide bonds. The SMILES string of the molecule is CC(C(=O)O)N(C)c1ccc2c(c1)NC(=O)CS2. The molecule has 5 nitrogen and oxygen atoms in total. The average Bonchev–Trinajstić information content (AvgIpc) is 2.35. The number of benzene rings is 1. The molecule has 0 fully saturated rings. The van der Waals surface area contributed by atoms with Crippen molar-refractivity contribution in [1.82, 2.24) is 0 Å². The van der Waals surface area contributed by atoms with Gasteiger partial charge in [-0.1, -0.05) is 0 Å². The van der Waals surface area contributed by atoms with Crippen LogP contribution in [0, 0.1) is 0 Å². The number of carbonyl (C=O) groups is 2. The molecule has 0 saturated carbocycles. The zero-order chi connectivity index (χ0) is 13.3. The van der Waals surface area contributed by atoms with Crippen LogP contribution in [-0.4, -0.2) is 35.8 Å². The summed E-state index contributed by atoms with van der Waals surface area (Å²) < 4.78 is 0. The average molecular weight is 266 g/mol. The standard InChI is InChI=1S/C12H14N2O3S/c1-7(12(16)17)14(2)8-3-4-10-9(5-8)13-11(15)6-18-10/h3-5,7H,6H2,1-2H3,(H,13,15)(H,16,17). The summed E-state index contributed by atoms with van der Waals surface area (Å²) in [5, 5.41) is 11.8. The lowest BCUT2D eigenvalue weighted by atomic mass is 10.2. The monoisotopic (exact) mass is 266 g/mol. The Bertz CT molecular complexity index is 504. The zero-order valence-corrected chi connectivity index (χ0v) is 11.0. The number of aliphatic carboxylic acids is 1. The lowest BCUT2D eigenvalue weighted by Crippen LogP contribution is -2.35. The second kappa shape index (κ2) is 4.89. The van der Waals surface area contributed by atoms with Gasteiger partial charge in [-0.2, -0.15) is 0 Å². The smallest absolute Gasteiger partial charge is 0.326 e. The highest BCUT2D eigenvalue weighted by Crippen LogP contribution is 2.34. The van der Waals surface area contributed by atoms with Crippen LogP contribution in [0.1, 0.15) is 6.92 Å². The fourth-order valence-electron chi connectivity index (χ4n) is 1.68. The van der Waals surface area contributed by atoms with Gasteiger partial charge in [0.05, 0.1) is 11.4 Å². The zero-order valence-electron chi connectivity index (χ0n) is 10.1. The number of thioether (sulfide) groups is 1. The normalized spacial score (nSPS) is 15.6. The minimum absolute atomic E-state index is 0.0291. The molecule has 1 aromatic rings. The van der Waals surface area contributed by atoms with Gasteiger partial charge in [-0.15, -0.1) is 11.8 Å². The van der Waals surface area contributed by atoms with Crippen LogP contribution in [0.25, 0.3) is 0 Å². The first-order chi connectivity index (χ1) is 8.49. The van der Waals surface area contributed by atoms with E-state index in [0.29, 0.717) is 5.75 Å². The molecular formula is C12H14N2O3S. The van der Waals surface area contributed by atoms with Gasteiger partial charge in [0, 0.05) is 17.6 Å². The van der Waals surface area contributed by atoms with E-state index in [4.69, 9.17) is 5.11 Å². The Morgan fingerprint density at radius 3 is 2.94 bits per heavy atom. The maximum absolute atomic E-state index is 11.3. The first-order valence-corrected chi connectivity index (χ1v) is 6.50. The summed E-state index contributed by atoms with van der Waals surface area (Å²) in [5.74, 6) is -0.486. The largest absolute Gasteiger partial charge is 0.480 e. The lowest BCUT2D eigenvalue weighted by molar-refractivity contribution is -0.138. The quantitative estimate of drug-likeness (QED) is 0.870. The molecule has 1 aliphatic rings. The number of nitrogens with one attached hydrogen (secondary N) is 1. The van der Waals surface area contributed by atoms with Crippen LogP contribution < -0.4 is 10.2 Å². The van der Waals surface area contributed by atoms with Crippen molar-refractivity contribution in [3.8, 4) is 0 Å². The van der Waals surface area contributed by atoms with Crippen molar-refractivity contribution in [2.45, 2.75) is 17.9 Å². The van der Waals surface area contributed by atoms with Gasteiger partial charge in [0.25, 0.3) is 0 Å². The number of carbonyl (C=O) groups excluding carboxylic acids is 1. The Morgan fingerprint density at radius 2 is 2.28 bits per heavy atom. The van der Waals surface area contributed by atoms with E-state index in [1.807, 2.05) is 12.1 Å². The number of amides is 1. The molecule has 0 aromatic heterocycles. The minimum atomic E-state index is -0.881. The van der Waals surface area contributed by atoms with Gasteiger partial charge in [-0.05, 0) is 25.1 Å². The van der Waals surface area contributed by atoms with Crippen LogP contribution in [-0.2, 0) is 9.59 Å². The van der Waals surface area contributed by atoms with Crippen LogP contribution in [0.3, 0.4) is 0 Å². The molecule has 2 rings (SSSR count). The van der Waals surface area contributed by atoms with Crippen molar-refractivity contribution in [2.75, 3.05) is 23.0 Å². The fraction of sp³-hybridized carbons (Fsp3) is 0.333. The Morgan fingerprint density at radius 1 is 1.56 bits per heavy atom. The van der Waals surface area contributed by atoms with Crippen molar-refractivity contribution in [3.63, 3.8) is 0 Å². The van der Waals surface area contributed by atoms with Gasteiger partial charge >= 0.3 is 5.97 Å². The molecule has 6 heteroatoms. The summed E-state index contributed by atoms with van der Waals surface area (Å²) in [7, 11) is 1.72. The number of anilines is 2. The lowest BCUT2D eigenvalue weighted by Gasteiger charge is -2.25. The number of likely N-dealkylation sites (N-methyl/N-ethyl adjacent to an activating group) is 1. The number of hydrogen-bond acceptors (Lipinski definition) is 4. The van der Waals surface area contributed by atoms with E-state index in [0.717, 1.165) is 16.3 Å². The minimum Gasteiger partial charge on any atom is -0.480 e. The van der Waals surface area contributed by atoms with Gasteiger partial charge in [0.2, 0.25) is 5.91 Å². The fourth-order valence-corrected chi connectivity index (χ4v) is 2.47. The Labute approximate surface area is 109 Å². The van der Waals surface area contributed by atoms with E-state index in [9.17, 15) is 9.59 Å². The second-order valence-corrected chi connectivity index (χ2v) is 5.16. The predicted octanol–water partition coefficient (Wildman–Crippen LogP) is 1.64. The van der Waals surface area contributed by atoms with Crippen LogP contribution in [0.2, 0.25) is 0 Å². The second-order valence-electron chi connectivity index (χ2n) is 4.14. The van der Waals surface area contributed by atoms with Crippen molar-refractivity contribution in [2.24, 2.45) is 0 Å². The van der Waals surface area contributed by atoms with Crippen molar-refractivity contribution < 1.29 is 14.7 Å². The van der Waals surface area contributed by atoms with Gasteiger partial charge in [-0.25, -0.2) is 4.79 Å². The molecule has 0 saturated heterocycles. The third-order valence-corrected chi connectivity index (χ3v) is 4.02. The highest BCUT2D eigenvalue weighted by atomic mass is 32.2. The first kappa shape index (κ1) is 12.8. The van der Waals surface area contributed by atoms with E-state index < -0.39 is 12.0 Å². The molecule has 1 aliphatic heterocycles. The topological polar surface area (TPSA) is 69.6 Å². The van der Waals surface area contributed by atoms with Crippen molar-refractivity contribution in [1.29, 1.82) is 0 Å². The Hall–Kier alpha value is -1.69. The van der Waals surface area contributed by atoms with Crippen molar-refractivity contribution >= 4 is 35.0 Å². The molecule has 1 atom stereocenters. The highest BCUT2D eigenvalue weighted by Gasteiger charge is 2.20. The number of hydrogen-bond donors (Lipinski definition) is 2. The van der Waals surface area contributed by atoms with Gasteiger partial charge in [0.1, 0.15) is 6.04 Å². The summed E-state index contributed by atoms with van der Waals surface area (Å²) in [6.45, 7) is 1.62. The van der Waals surface area contributed by atoms with Gasteiger partial charge in [-0.3, -0.25) is 4.79 Å². The van der Waals surface area contributed by atoms with Crippen LogP contribution in [0.5, 0.6) is 0 Å². The van der Waals surface area contributed by atoms with E-state index in [-0.39, 0.29) is 5.91 Å². The number of fused-ring (bicyclic) bond motifs is 1. The number of carboxylic acid groups (broad SMARTS) is 1. The van der Waals surface area contributed by atoms with Gasteiger partial charge in [0.15, 0.2) is 0 Å². The molecular weight excluding hydrogens is 252 g/mol. The van der Waals surface area contributed by atoms with E-state index in [2.05, 4.69) is 5.32 Å². The third-order valence-electron chi connectivity index (χ3n) is 2.94. The molecule has 96 valence electrons. The van der Waals surface area contributed by atoms with E-state index >= 15 is 0 Å². The molecule has 0 spiro atoms. The maximum atomic E-state index is 11.3. The number of nitrogens with zero attached hydrogens (tertiary/aromatic N) is 1. The maximum Gasteiger partial charge on any atom is 0.326 e. The molecule has 18 heavy (non-hydrogen) atoms. The first-order valence-electron chi connectivity index (χ1n) is 5.51. The molecule has 0 aliphatic carbocycles. The summed E-state index contributed by atoms with van der Waals surface area (Å²) in [6, 6.07) is 4.96. The molecule has 1 aromatic carbocycles. The summed E-state index contributed by atoms with van der Waals surface area (Å²) in [6.07, 6.45) is 0. The Balaban J connectivity index is 2.28. The van der Waals surface area contributed by atoms with Gasteiger partial charge < -0.3 is 15.3 Å². The summed E-state index contributed by atoms with van der Waals surface area (Å²) in [4.78, 5) is 24.9. The van der Waals surface area contributed by atoms with Crippen LogP contribution in [0.15, 0.2) is 23.1 Å². The summed E-state index contributed by atoms with van der Waals surface area (Å²) >= 11 is 1.49. The molecule has 1 heterocycles. The van der Waals surface area contributed by atoms with E-state index in [1.165, 1.54) is 11.8 Å². The van der Waals surface area contributed by atoms with E-state index in [1.54, 1.807) is 24.9 Å². The molecule has 2 N–H and O–H groups in total. The predicted molar refractivity (Wildman–Crippen MR) is 71.3 cm³/mol. The number of rotatable bonds is 3. The third kappa shape index (κ3) is 2.43. The van der Waals surface area contributed by atoms with Crippen LogP contribution in [0.4, 0.5) is 11.4 Å². The van der Waals surface area contributed by atoms with Crippen LogP contribution >= 0.6 is 11.8 Å². The highest BCUT2D eigenvalue weighted by molar-refractivity contribution is 8.00.